The predicted molar refractivity (Wildman–Crippen MR) is 121 cm³/mol. The van der Waals surface area contributed by atoms with Gasteiger partial charge in [0, 0.05) is 24.7 Å². The molecule has 1 aliphatic heterocycles. The highest BCUT2D eigenvalue weighted by molar-refractivity contribution is 6.04. The molecule has 2 aromatic rings. The molecule has 0 unspecified atom stereocenters. The third-order valence-corrected chi connectivity index (χ3v) is 5.17. The van der Waals surface area contributed by atoms with E-state index < -0.39 is 0 Å². The summed E-state index contributed by atoms with van der Waals surface area (Å²) in [5.74, 6) is 3.18. The van der Waals surface area contributed by atoms with Gasteiger partial charge in [0.25, 0.3) is 5.91 Å². The van der Waals surface area contributed by atoms with Gasteiger partial charge in [-0.25, -0.2) is 9.97 Å². The van der Waals surface area contributed by atoms with Crippen LogP contribution in [0.5, 0.6) is 17.2 Å². The van der Waals surface area contributed by atoms with Gasteiger partial charge in [-0.1, -0.05) is 6.92 Å². The number of rotatable bonds is 9. The van der Waals surface area contributed by atoms with E-state index in [-0.39, 0.29) is 5.91 Å². The molecule has 1 saturated heterocycles. The summed E-state index contributed by atoms with van der Waals surface area (Å²) in [6.45, 7) is 11.2. The van der Waals surface area contributed by atoms with E-state index in [9.17, 15) is 4.79 Å². The minimum atomic E-state index is -0.304. The van der Waals surface area contributed by atoms with E-state index in [1.165, 1.54) is 6.33 Å². The van der Waals surface area contributed by atoms with Gasteiger partial charge >= 0.3 is 0 Å². The summed E-state index contributed by atoms with van der Waals surface area (Å²) in [6, 6.07) is 5.15. The molecule has 1 amide bonds. The molecular weight excluding hydrogens is 396 g/mol. The van der Waals surface area contributed by atoms with Gasteiger partial charge in [-0.3, -0.25) is 4.79 Å². The molecule has 0 bridgehead atoms. The molecule has 1 N–H and O–H groups in total. The van der Waals surface area contributed by atoms with Gasteiger partial charge in [-0.15, -0.1) is 0 Å². The Balaban J connectivity index is 1.82. The molecule has 1 aromatic carbocycles. The smallest absolute Gasteiger partial charge is 0.257 e. The molecule has 8 nitrogen and oxygen atoms in total. The van der Waals surface area contributed by atoms with Crippen molar-refractivity contribution in [3.63, 3.8) is 0 Å². The zero-order valence-corrected chi connectivity index (χ0v) is 18.8. The van der Waals surface area contributed by atoms with Crippen molar-refractivity contribution in [2.24, 2.45) is 5.92 Å². The summed E-state index contributed by atoms with van der Waals surface area (Å²) in [5.41, 5.74) is 0.405. The lowest BCUT2D eigenvalue weighted by Gasteiger charge is -2.31. The van der Waals surface area contributed by atoms with E-state index in [4.69, 9.17) is 14.2 Å². The Hall–Kier alpha value is -3.03. The van der Waals surface area contributed by atoms with Gasteiger partial charge < -0.3 is 24.4 Å². The minimum Gasteiger partial charge on any atom is -0.490 e. The first-order valence-electron chi connectivity index (χ1n) is 11.0. The second-order valence-electron chi connectivity index (χ2n) is 7.49. The van der Waals surface area contributed by atoms with Gasteiger partial charge in [-0.05, 0) is 51.7 Å². The maximum absolute atomic E-state index is 13.0. The van der Waals surface area contributed by atoms with Crippen LogP contribution in [0.25, 0.3) is 0 Å². The summed E-state index contributed by atoms with van der Waals surface area (Å²) in [6.07, 6.45) is 3.76. The van der Waals surface area contributed by atoms with E-state index in [0.29, 0.717) is 48.5 Å². The highest BCUT2D eigenvalue weighted by atomic mass is 16.5. The van der Waals surface area contributed by atoms with Crippen molar-refractivity contribution < 1.29 is 19.0 Å². The molecule has 3 rings (SSSR count). The summed E-state index contributed by atoms with van der Waals surface area (Å²) in [7, 11) is 0. The van der Waals surface area contributed by atoms with Crippen molar-refractivity contribution in [2.45, 2.75) is 40.5 Å². The van der Waals surface area contributed by atoms with Crippen LogP contribution in [-0.2, 0) is 0 Å². The minimum absolute atomic E-state index is 0.304. The number of carbonyl (C=O) groups excluding carboxylic acids is 1. The summed E-state index contributed by atoms with van der Waals surface area (Å²) in [5, 5.41) is 2.87. The molecule has 0 aliphatic carbocycles. The number of carbonyl (C=O) groups is 1. The number of ether oxygens (including phenoxy) is 3. The Morgan fingerprint density at radius 1 is 1.00 bits per heavy atom. The third kappa shape index (κ3) is 5.77. The standard InChI is InChI=1S/C23H32N4O4/c1-5-29-18-12-17(13-19(30-6-2)22(18)31-7-3)23(28)26-20-14-21(25-15-24-20)27-10-8-16(4)9-11-27/h12-16H,5-11H2,1-4H3,(H,24,25,26,28). The van der Waals surface area contributed by atoms with Crippen molar-refractivity contribution in [1.82, 2.24) is 9.97 Å². The third-order valence-electron chi connectivity index (χ3n) is 5.17. The van der Waals surface area contributed by atoms with Crippen molar-refractivity contribution in [3.05, 3.63) is 30.1 Å². The second kappa shape index (κ2) is 10.8. The molecule has 1 aliphatic rings. The van der Waals surface area contributed by atoms with Gasteiger partial charge in [0.05, 0.1) is 19.8 Å². The van der Waals surface area contributed by atoms with E-state index in [0.717, 1.165) is 37.7 Å². The van der Waals surface area contributed by atoms with Crippen molar-refractivity contribution in [2.75, 3.05) is 43.1 Å². The van der Waals surface area contributed by atoms with Crippen LogP contribution in [0.15, 0.2) is 24.5 Å². The maximum atomic E-state index is 13.0. The zero-order chi connectivity index (χ0) is 22.2. The van der Waals surface area contributed by atoms with Gasteiger partial charge in [0.1, 0.15) is 18.0 Å². The molecule has 0 saturated carbocycles. The normalized spacial score (nSPS) is 14.3. The molecule has 8 heteroatoms. The lowest BCUT2D eigenvalue weighted by molar-refractivity contribution is 0.102. The first-order chi connectivity index (χ1) is 15.0. The van der Waals surface area contributed by atoms with Crippen LogP contribution in [0.3, 0.4) is 0 Å². The van der Waals surface area contributed by atoms with Crippen LogP contribution in [0.1, 0.15) is 50.9 Å². The van der Waals surface area contributed by atoms with Crippen LogP contribution in [0.4, 0.5) is 11.6 Å². The van der Waals surface area contributed by atoms with Crippen LogP contribution >= 0.6 is 0 Å². The largest absolute Gasteiger partial charge is 0.490 e. The zero-order valence-electron chi connectivity index (χ0n) is 18.8. The SMILES string of the molecule is CCOc1cc(C(=O)Nc2cc(N3CCC(C)CC3)ncn2)cc(OCC)c1OCC. The number of hydrogen-bond donors (Lipinski definition) is 1. The van der Waals surface area contributed by atoms with Crippen molar-refractivity contribution >= 4 is 17.5 Å². The number of aromatic nitrogens is 2. The number of nitrogens with zero attached hydrogens (tertiary/aromatic N) is 3. The fraction of sp³-hybridized carbons (Fsp3) is 0.522. The lowest BCUT2D eigenvalue weighted by Crippen LogP contribution is -2.33. The Morgan fingerprint density at radius 2 is 1.61 bits per heavy atom. The second-order valence-corrected chi connectivity index (χ2v) is 7.49. The summed E-state index contributed by atoms with van der Waals surface area (Å²) < 4.78 is 17.1. The fourth-order valence-corrected chi connectivity index (χ4v) is 3.53. The quantitative estimate of drug-likeness (QED) is 0.642. The molecule has 168 valence electrons. The molecule has 1 aromatic heterocycles. The topological polar surface area (TPSA) is 85.8 Å². The maximum Gasteiger partial charge on any atom is 0.257 e. The number of nitrogens with one attached hydrogen (secondary N) is 1. The summed E-state index contributed by atoms with van der Waals surface area (Å²) in [4.78, 5) is 23.8. The predicted octanol–water partition coefficient (Wildman–Crippen LogP) is 4.16. The van der Waals surface area contributed by atoms with Crippen LogP contribution < -0.4 is 24.4 Å². The van der Waals surface area contributed by atoms with E-state index in [2.05, 4.69) is 27.1 Å². The average molecular weight is 429 g/mol. The number of piperidine rings is 1. The number of hydrogen-bond acceptors (Lipinski definition) is 7. The first kappa shape index (κ1) is 22.7. The van der Waals surface area contributed by atoms with E-state index in [1.807, 2.05) is 26.8 Å². The Bertz CT molecular complexity index is 855. The van der Waals surface area contributed by atoms with Gasteiger partial charge in [-0.2, -0.15) is 0 Å². The van der Waals surface area contributed by atoms with Gasteiger partial charge in [0.15, 0.2) is 11.5 Å². The molecule has 0 spiro atoms. The van der Waals surface area contributed by atoms with Crippen LogP contribution in [0, 0.1) is 5.92 Å². The van der Waals surface area contributed by atoms with Crippen molar-refractivity contribution in [3.8, 4) is 17.2 Å². The van der Waals surface area contributed by atoms with Crippen LogP contribution in [0.2, 0.25) is 0 Å². The number of anilines is 2. The molecule has 1 fully saturated rings. The number of amides is 1. The number of benzene rings is 1. The van der Waals surface area contributed by atoms with E-state index in [1.54, 1.807) is 12.1 Å². The van der Waals surface area contributed by atoms with Crippen molar-refractivity contribution in [1.29, 1.82) is 0 Å². The molecule has 0 atom stereocenters. The Labute approximate surface area is 183 Å². The Kier molecular flexibility index (Phi) is 7.92. The fourth-order valence-electron chi connectivity index (χ4n) is 3.53. The molecule has 2 heterocycles. The average Bonchev–Trinajstić information content (AvgIpc) is 2.77. The monoisotopic (exact) mass is 428 g/mol. The molecular formula is C23H32N4O4. The van der Waals surface area contributed by atoms with Gasteiger partial charge in [0.2, 0.25) is 5.75 Å². The van der Waals surface area contributed by atoms with E-state index >= 15 is 0 Å². The first-order valence-corrected chi connectivity index (χ1v) is 11.0. The lowest BCUT2D eigenvalue weighted by atomic mass is 9.99. The molecule has 31 heavy (non-hydrogen) atoms. The summed E-state index contributed by atoms with van der Waals surface area (Å²) >= 11 is 0. The molecule has 0 radical (unpaired) electrons. The highest BCUT2D eigenvalue weighted by Gasteiger charge is 2.20. The van der Waals surface area contributed by atoms with Crippen LogP contribution in [-0.4, -0.2) is 48.8 Å². The highest BCUT2D eigenvalue weighted by Crippen LogP contribution is 2.39. The Morgan fingerprint density at radius 3 is 2.19 bits per heavy atom.